The van der Waals surface area contributed by atoms with Gasteiger partial charge >= 0.3 is 0 Å². The van der Waals surface area contributed by atoms with E-state index in [9.17, 15) is 13.6 Å². The monoisotopic (exact) mass is 253 g/mol. The summed E-state index contributed by atoms with van der Waals surface area (Å²) in [5.41, 5.74) is 0.0899. The number of aromatic nitrogens is 1. The average molecular weight is 253 g/mol. The SMILES string of the molecule is O=C1Nc2ccc(C(F)F)nc2C12CCNCC2. The van der Waals surface area contributed by atoms with E-state index in [0.717, 1.165) is 0 Å². The van der Waals surface area contributed by atoms with Crippen molar-refractivity contribution < 1.29 is 13.6 Å². The van der Waals surface area contributed by atoms with E-state index in [1.165, 1.54) is 12.1 Å². The highest BCUT2D eigenvalue weighted by Crippen LogP contribution is 2.43. The van der Waals surface area contributed by atoms with Crippen LogP contribution < -0.4 is 10.6 Å². The Bertz CT molecular complexity index is 498. The van der Waals surface area contributed by atoms with Gasteiger partial charge in [0.15, 0.2) is 0 Å². The Morgan fingerprint density at radius 2 is 2.00 bits per heavy atom. The highest BCUT2D eigenvalue weighted by atomic mass is 19.3. The van der Waals surface area contributed by atoms with Crippen LogP contribution in [0, 0.1) is 0 Å². The van der Waals surface area contributed by atoms with Gasteiger partial charge in [0.05, 0.1) is 16.8 Å². The number of piperidine rings is 1. The van der Waals surface area contributed by atoms with E-state index in [1.54, 1.807) is 0 Å². The number of anilines is 1. The summed E-state index contributed by atoms with van der Waals surface area (Å²) >= 11 is 0. The highest BCUT2D eigenvalue weighted by molar-refractivity contribution is 6.05. The summed E-state index contributed by atoms with van der Waals surface area (Å²) in [6, 6.07) is 2.79. The summed E-state index contributed by atoms with van der Waals surface area (Å²) in [6.07, 6.45) is -1.40. The van der Waals surface area contributed by atoms with Gasteiger partial charge in [-0.15, -0.1) is 0 Å². The Balaban J connectivity index is 2.09. The predicted octanol–water partition coefficient (Wildman–Crippen LogP) is 1.59. The van der Waals surface area contributed by atoms with Gasteiger partial charge in [-0.05, 0) is 38.1 Å². The van der Waals surface area contributed by atoms with E-state index in [-0.39, 0.29) is 11.6 Å². The molecular weight excluding hydrogens is 240 g/mol. The van der Waals surface area contributed by atoms with Crippen molar-refractivity contribution in [3.05, 3.63) is 23.5 Å². The van der Waals surface area contributed by atoms with Gasteiger partial charge in [-0.2, -0.15) is 0 Å². The minimum absolute atomic E-state index is 0.113. The normalized spacial score (nSPS) is 21.2. The van der Waals surface area contributed by atoms with Gasteiger partial charge in [0, 0.05) is 0 Å². The molecule has 96 valence electrons. The standard InChI is InChI=1S/C12H13F2N3O/c13-10(14)8-2-1-7-9(16-8)12(11(18)17-7)3-5-15-6-4-12/h1-2,10,15H,3-6H2,(H,17,18). The Labute approximate surface area is 103 Å². The molecule has 0 radical (unpaired) electrons. The molecule has 18 heavy (non-hydrogen) atoms. The lowest BCUT2D eigenvalue weighted by molar-refractivity contribution is -0.121. The molecule has 1 spiro atoms. The summed E-state index contributed by atoms with van der Waals surface area (Å²) in [6.45, 7) is 1.40. The summed E-state index contributed by atoms with van der Waals surface area (Å²) in [5.74, 6) is -0.113. The van der Waals surface area contributed by atoms with Crippen molar-refractivity contribution in [3.8, 4) is 0 Å². The minimum Gasteiger partial charge on any atom is -0.324 e. The number of rotatable bonds is 1. The van der Waals surface area contributed by atoms with Crippen molar-refractivity contribution in [3.63, 3.8) is 0 Å². The number of fused-ring (bicyclic) bond motifs is 2. The number of carbonyl (C=O) groups is 1. The molecule has 1 fully saturated rings. The molecule has 3 heterocycles. The number of hydrogen-bond acceptors (Lipinski definition) is 3. The zero-order chi connectivity index (χ0) is 12.8. The summed E-state index contributed by atoms with van der Waals surface area (Å²) in [5, 5.41) is 5.92. The van der Waals surface area contributed by atoms with E-state index in [4.69, 9.17) is 0 Å². The minimum atomic E-state index is -2.61. The van der Waals surface area contributed by atoms with E-state index in [0.29, 0.717) is 37.3 Å². The number of carbonyl (C=O) groups excluding carboxylic acids is 1. The number of halogens is 2. The van der Waals surface area contributed by atoms with Crippen molar-refractivity contribution in [2.24, 2.45) is 0 Å². The number of pyridine rings is 1. The second-order valence-electron chi connectivity index (χ2n) is 4.72. The van der Waals surface area contributed by atoms with Crippen molar-refractivity contribution in [1.29, 1.82) is 0 Å². The number of nitrogens with zero attached hydrogens (tertiary/aromatic N) is 1. The zero-order valence-electron chi connectivity index (χ0n) is 9.67. The molecule has 3 rings (SSSR count). The van der Waals surface area contributed by atoms with Gasteiger partial charge in [-0.25, -0.2) is 13.8 Å². The first-order valence-corrected chi connectivity index (χ1v) is 5.95. The van der Waals surface area contributed by atoms with Gasteiger partial charge in [-0.3, -0.25) is 4.79 Å². The first-order chi connectivity index (χ1) is 8.63. The second-order valence-corrected chi connectivity index (χ2v) is 4.72. The van der Waals surface area contributed by atoms with Crippen molar-refractivity contribution in [2.75, 3.05) is 18.4 Å². The Morgan fingerprint density at radius 3 is 2.67 bits per heavy atom. The molecule has 0 aromatic carbocycles. The molecule has 2 aliphatic rings. The van der Waals surface area contributed by atoms with E-state index >= 15 is 0 Å². The molecule has 6 heteroatoms. The van der Waals surface area contributed by atoms with Crippen molar-refractivity contribution >= 4 is 11.6 Å². The fourth-order valence-electron chi connectivity index (χ4n) is 2.73. The summed E-state index contributed by atoms with van der Waals surface area (Å²) in [4.78, 5) is 16.1. The van der Waals surface area contributed by atoms with Gasteiger partial charge in [0.1, 0.15) is 5.69 Å². The molecule has 0 saturated carbocycles. The van der Waals surface area contributed by atoms with E-state index in [1.807, 2.05) is 0 Å². The predicted molar refractivity (Wildman–Crippen MR) is 61.6 cm³/mol. The van der Waals surface area contributed by atoms with Crippen LogP contribution in [0.2, 0.25) is 0 Å². The number of hydrogen-bond donors (Lipinski definition) is 2. The third-order valence-electron chi connectivity index (χ3n) is 3.73. The number of amides is 1. The molecule has 0 atom stereocenters. The number of nitrogens with one attached hydrogen (secondary N) is 2. The van der Waals surface area contributed by atoms with Gasteiger partial charge in [0.25, 0.3) is 6.43 Å². The Morgan fingerprint density at radius 1 is 1.28 bits per heavy atom. The van der Waals surface area contributed by atoms with Crippen molar-refractivity contribution in [1.82, 2.24) is 10.3 Å². The van der Waals surface area contributed by atoms with Gasteiger partial charge in [-0.1, -0.05) is 0 Å². The van der Waals surface area contributed by atoms with E-state index < -0.39 is 11.8 Å². The Kier molecular flexibility index (Phi) is 2.55. The fraction of sp³-hybridized carbons (Fsp3) is 0.500. The van der Waals surface area contributed by atoms with Crippen LogP contribution in [-0.2, 0) is 10.2 Å². The van der Waals surface area contributed by atoms with Crippen LogP contribution in [0.1, 0.15) is 30.7 Å². The van der Waals surface area contributed by atoms with Gasteiger partial charge in [0.2, 0.25) is 5.91 Å². The fourth-order valence-corrected chi connectivity index (χ4v) is 2.73. The van der Waals surface area contributed by atoms with Crippen LogP contribution in [0.25, 0.3) is 0 Å². The van der Waals surface area contributed by atoms with Crippen LogP contribution in [0.3, 0.4) is 0 Å². The molecular formula is C12H13F2N3O. The van der Waals surface area contributed by atoms with Crippen molar-refractivity contribution in [2.45, 2.75) is 24.7 Å². The van der Waals surface area contributed by atoms with Crippen LogP contribution in [0.4, 0.5) is 14.5 Å². The quantitative estimate of drug-likeness (QED) is 0.799. The zero-order valence-corrected chi connectivity index (χ0v) is 9.67. The third-order valence-corrected chi connectivity index (χ3v) is 3.73. The molecule has 0 bridgehead atoms. The van der Waals surface area contributed by atoms with Crippen LogP contribution >= 0.6 is 0 Å². The number of alkyl halides is 2. The molecule has 0 unspecified atom stereocenters. The smallest absolute Gasteiger partial charge is 0.280 e. The Hall–Kier alpha value is -1.56. The lowest BCUT2D eigenvalue weighted by Crippen LogP contribution is -2.44. The molecule has 2 aliphatic heterocycles. The first-order valence-electron chi connectivity index (χ1n) is 5.95. The second kappa shape index (κ2) is 3.98. The molecule has 1 aromatic rings. The average Bonchev–Trinajstić information content (AvgIpc) is 2.63. The largest absolute Gasteiger partial charge is 0.324 e. The molecule has 0 aliphatic carbocycles. The van der Waals surface area contributed by atoms with Gasteiger partial charge < -0.3 is 10.6 Å². The van der Waals surface area contributed by atoms with Crippen LogP contribution in [-0.4, -0.2) is 24.0 Å². The highest BCUT2D eigenvalue weighted by Gasteiger charge is 2.48. The molecule has 1 saturated heterocycles. The summed E-state index contributed by atoms with van der Waals surface area (Å²) < 4.78 is 25.4. The maximum absolute atomic E-state index is 12.7. The third kappa shape index (κ3) is 1.52. The van der Waals surface area contributed by atoms with Crippen LogP contribution in [0.5, 0.6) is 0 Å². The molecule has 4 nitrogen and oxygen atoms in total. The lowest BCUT2D eigenvalue weighted by atomic mass is 9.76. The first kappa shape index (κ1) is 11.5. The maximum atomic E-state index is 12.7. The maximum Gasteiger partial charge on any atom is 0.280 e. The lowest BCUT2D eigenvalue weighted by Gasteiger charge is -2.31. The molecule has 1 amide bonds. The van der Waals surface area contributed by atoms with E-state index in [2.05, 4.69) is 15.6 Å². The van der Waals surface area contributed by atoms with Crippen LogP contribution in [0.15, 0.2) is 12.1 Å². The topological polar surface area (TPSA) is 54.0 Å². The molecule has 2 N–H and O–H groups in total. The molecule has 1 aromatic heterocycles. The summed E-state index contributed by atoms with van der Waals surface area (Å²) in [7, 11) is 0.